The normalized spacial score (nSPS) is 15.1. The van der Waals surface area contributed by atoms with Crippen LogP contribution in [0.1, 0.15) is 6.92 Å². The highest BCUT2D eigenvalue weighted by Crippen LogP contribution is 2.34. The fourth-order valence-electron chi connectivity index (χ4n) is 3.98. The first kappa shape index (κ1) is 22.4. The van der Waals surface area contributed by atoms with Gasteiger partial charge in [-0.3, -0.25) is 4.79 Å². The fourth-order valence-corrected chi connectivity index (χ4v) is 6.22. The van der Waals surface area contributed by atoms with Gasteiger partial charge in [-0.1, -0.05) is 0 Å². The number of methoxy groups -OCH3 is 1. The maximum absolute atomic E-state index is 13.5. The highest BCUT2D eigenvalue weighted by atomic mass is 32.2. The van der Waals surface area contributed by atoms with Gasteiger partial charge >= 0.3 is 0 Å². The molecule has 1 saturated heterocycles. The molecule has 0 unspecified atom stereocenters. The second-order valence-corrected chi connectivity index (χ2v) is 10.6. The number of piperazine rings is 1. The molecule has 10 nitrogen and oxygen atoms in total. The molecule has 1 fully saturated rings. The zero-order valence-corrected chi connectivity index (χ0v) is 20.2. The third kappa shape index (κ3) is 4.04. The van der Waals surface area contributed by atoms with Gasteiger partial charge in [0.15, 0.2) is 0 Å². The lowest BCUT2D eigenvalue weighted by atomic mass is 10.2. The molecule has 2 aromatic heterocycles. The van der Waals surface area contributed by atoms with Gasteiger partial charge in [0.25, 0.3) is 0 Å². The number of nitrogens with zero attached hydrogens (tertiary/aromatic N) is 5. The quantitative estimate of drug-likeness (QED) is 0.446. The van der Waals surface area contributed by atoms with E-state index in [9.17, 15) is 13.2 Å². The average molecular weight is 499 g/mol. The monoisotopic (exact) mass is 498 g/mol. The van der Waals surface area contributed by atoms with Gasteiger partial charge in [-0.25, -0.2) is 23.4 Å². The van der Waals surface area contributed by atoms with E-state index in [1.54, 1.807) is 33.9 Å². The summed E-state index contributed by atoms with van der Waals surface area (Å²) in [6.07, 6.45) is 1.42. The van der Waals surface area contributed by atoms with Crippen LogP contribution < -0.4 is 10.1 Å². The maximum atomic E-state index is 13.5. The number of carbonyl (C=O) groups excluding carboxylic acids is 1. The Morgan fingerprint density at radius 2 is 1.85 bits per heavy atom. The molecule has 0 radical (unpaired) electrons. The van der Waals surface area contributed by atoms with E-state index in [1.807, 2.05) is 18.2 Å². The molecule has 4 aromatic rings. The number of ether oxygens (including phenoxy) is 1. The Labute approximate surface area is 200 Å². The molecule has 3 heterocycles. The Bertz CT molecular complexity index is 1500. The lowest BCUT2D eigenvalue weighted by molar-refractivity contribution is -0.129. The van der Waals surface area contributed by atoms with Crippen LogP contribution in [-0.2, 0) is 14.8 Å². The molecule has 0 spiro atoms. The number of thiazole rings is 1. The second-order valence-electron chi connectivity index (χ2n) is 7.81. The van der Waals surface area contributed by atoms with Crippen molar-refractivity contribution in [2.24, 2.45) is 0 Å². The number of anilines is 2. The van der Waals surface area contributed by atoms with Gasteiger partial charge in [-0.15, -0.1) is 11.3 Å². The number of hydrogen-bond acceptors (Lipinski definition) is 9. The maximum Gasteiger partial charge on any atom is 0.246 e. The summed E-state index contributed by atoms with van der Waals surface area (Å²) < 4.78 is 35.0. The predicted molar refractivity (Wildman–Crippen MR) is 130 cm³/mol. The smallest absolute Gasteiger partial charge is 0.246 e. The van der Waals surface area contributed by atoms with E-state index in [4.69, 9.17) is 4.74 Å². The van der Waals surface area contributed by atoms with Crippen molar-refractivity contribution >= 4 is 59.9 Å². The molecular weight excluding hydrogens is 476 g/mol. The van der Waals surface area contributed by atoms with Crippen LogP contribution in [0.3, 0.4) is 0 Å². The Morgan fingerprint density at radius 3 is 2.59 bits per heavy atom. The summed E-state index contributed by atoms with van der Waals surface area (Å²) in [5, 5.41) is 3.81. The van der Waals surface area contributed by atoms with Crippen LogP contribution in [0.5, 0.6) is 5.75 Å². The van der Waals surface area contributed by atoms with Crippen LogP contribution in [0.15, 0.2) is 47.1 Å². The zero-order chi connectivity index (χ0) is 23.9. The van der Waals surface area contributed by atoms with Crippen LogP contribution in [0.25, 0.3) is 21.1 Å². The number of rotatable bonds is 5. The minimum atomic E-state index is -3.88. The first-order chi connectivity index (χ1) is 16.4. The van der Waals surface area contributed by atoms with Crippen molar-refractivity contribution in [2.75, 3.05) is 38.6 Å². The molecular formula is C22H22N6O4S2. The summed E-state index contributed by atoms with van der Waals surface area (Å²) in [5.41, 5.74) is 3.97. The third-order valence-corrected chi connectivity index (χ3v) is 8.55. The molecule has 5 rings (SSSR count). The summed E-state index contributed by atoms with van der Waals surface area (Å²) in [7, 11) is -2.45. The Hall–Kier alpha value is -3.35. The van der Waals surface area contributed by atoms with Crippen molar-refractivity contribution in [1.82, 2.24) is 24.2 Å². The highest BCUT2D eigenvalue weighted by Gasteiger charge is 2.32. The van der Waals surface area contributed by atoms with Crippen LogP contribution in [0, 0.1) is 0 Å². The molecule has 1 aliphatic rings. The van der Waals surface area contributed by atoms with Gasteiger partial charge in [-0.2, -0.15) is 4.31 Å². The van der Waals surface area contributed by atoms with E-state index < -0.39 is 10.0 Å². The van der Waals surface area contributed by atoms with Crippen LogP contribution in [0.2, 0.25) is 0 Å². The standard InChI is InChI=1S/C22H22N6O4S2/c1-14(29)27-5-7-28(8-6-27)34(30,31)21-10-16-17(11-19(21)32-2)23-12-24-22(16)26-15-3-4-20-18(9-15)25-13-33-20/h3-4,9-13H,5-8H2,1-2H3,(H,23,24,26). The zero-order valence-electron chi connectivity index (χ0n) is 18.6. The number of nitrogens with one attached hydrogen (secondary N) is 1. The molecule has 12 heteroatoms. The Kier molecular flexibility index (Phi) is 5.80. The van der Waals surface area contributed by atoms with Gasteiger partial charge < -0.3 is 15.0 Å². The Balaban J connectivity index is 1.54. The molecule has 2 aromatic carbocycles. The summed E-state index contributed by atoms with van der Waals surface area (Å²) in [4.78, 5) is 26.3. The summed E-state index contributed by atoms with van der Waals surface area (Å²) >= 11 is 1.56. The largest absolute Gasteiger partial charge is 0.495 e. The summed E-state index contributed by atoms with van der Waals surface area (Å²) in [6, 6.07) is 8.95. The molecule has 176 valence electrons. The number of sulfonamides is 1. The number of carbonyl (C=O) groups is 1. The first-order valence-electron chi connectivity index (χ1n) is 10.6. The van der Waals surface area contributed by atoms with Crippen LogP contribution in [-0.4, -0.2) is 71.8 Å². The van der Waals surface area contributed by atoms with Crippen LogP contribution >= 0.6 is 11.3 Å². The first-order valence-corrected chi connectivity index (χ1v) is 12.9. The summed E-state index contributed by atoms with van der Waals surface area (Å²) in [5.74, 6) is 0.610. The number of fused-ring (bicyclic) bond motifs is 2. The molecule has 0 saturated carbocycles. The van der Waals surface area contributed by atoms with Crippen molar-refractivity contribution in [3.05, 3.63) is 42.2 Å². The van der Waals surface area contributed by atoms with Crippen molar-refractivity contribution in [3.63, 3.8) is 0 Å². The molecule has 1 aliphatic heterocycles. The van der Waals surface area contributed by atoms with E-state index in [2.05, 4.69) is 20.3 Å². The SMILES string of the molecule is COc1cc2ncnc(Nc3ccc4scnc4c3)c2cc1S(=O)(=O)N1CCN(C(C)=O)CC1. The van der Waals surface area contributed by atoms with Gasteiger partial charge in [-0.05, 0) is 24.3 Å². The lowest BCUT2D eigenvalue weighted by Crippen LogP contribution is -2.49. The minimum Gasteiger partial charge on any atom is -0.495 e. The number of hydrogen-bond donors (Lipinski definition) is 1. The van der Waals surface area contributed by atoms with E-state index in [-0.39, 0.29) is 29.6 Å². The fraction of sp³-hybridized carbons (Fsp3) is 0.273. The predicted octanol–water partition coefficient (Wildman–Crippen LogP) is 2.84. The molecule has 0 atom stereocenters. The Morgan fingerprint density at radius 1 is 1.06 bits per heavy atom. The lowest BCUT2D eigenvalue weighted by Gasteiger charge is -2.33. The van der Waals surface area contributed by atoms with E-state index >= 15 is 0 Å². The van der Waals surface area contributed by atoms with Crippen molar-refractivity contribution in [1.29, 1.82) is 0 Å². The van der Waals surface area contributed by atoms with Gasteiger partial charge in [0.2, 0.25) is 15.9 Å². The molecule has 1 N–H and O–H groups in total. The van der Waals surface area contributed by atoms with Crippen molar-refractivity contribution in [2.45, 2.75) is 11.8 Å². The van der Waals surface area contributed by atoms with E-state index in [0.717, 1.165) is 15.9 Å². The number of aromatic nitrogens is 3. The number of amides is 1. The topological polar surface area (TPSA) is 118 Å². The van der Waals surface area contributed by atoms with Crippen LogP contribution in [0.4, 0.5) is 11.5 Å². The summed E-state index contributed by atoms with van der Waals surface area (Å²) in [6.45, 7) is 2.61. The van der Waals surface area contributed by atoms with E-state index in [0.29, 0.717) is 29.8 Å². The molecule has 1 amide bonds. The van der Waals surface area contributed by atoms with Gasteiger partial charge in [0.1, 0.15) is 22.8 Å². The van der Waals surface area contributed by atoms with Gasteiger partial charge in [0.05, 0.1) is 28.4 Å². The number of benzene rings is 2. The third-order valence-electron chi connectivity index (χ3n) is 5.82. The molecule has 0 aliphatic carbocycles. The average Bonchev–Trinajstić information content (AvgIpc) is 3.31. The van der Waals surface area contributed by atoms with Crippen molar-refractivity contribution in [3.8, 4) is 5.75 Å². The molecule has 34 heavy (non-hydrogen) atoms. The van der Waals surface area contributed by atoms with Crippen molar-refractivity contribution < 1.29 is 17.9 Å². The minimum absolute atomic E-state index is 0.0339. The molecule has 0 bridgehead atoms. The second kappa shape index (κ2) is 8.78. The highest BCUT2D eigenvalue weighted by molar-refractivity contribution is 7.89. The van der Waals surface area contributed by atoms with Gasteiger partial charge in [0, 0.05) is 50.2 Å². The van der Waals surface area contributed by atoms with E-state index in [1.165, 1.54) is 24.7 Å².